The number of aliphatic hydroxyl groups excluding tert-OH is 1. The van der Waals surface area contributed by atoms with Crippen LogP contribution in [0.2, 0.25) is 0 Å². The molecule has 11 atom stereocenters. The number of epoxide rings is 1. The van der Waals surface area contributed by atoms with Gasteiger partial charge in [0, 0.05) is 24.7 Å². The van der Waals surface area contributed by atoms with Gasteiger partial charge in [0.05, 0.1) is 5.60 Å². The summed E-state index contributed by atoms with van der Waals surface area (Å²) in [6.45, 7) is 14.4. The molecule has 57 heavy (non-hydrogen) atoms. The van der Waals surface area contributed by atoms with E-state index in [4.69, 9.17) is 23.7 Å². The topological polar surface area (TPSA) is 124 Å². The highest BCUT2D eigenvalue weighted by molar-refractivity contribution is 6.05. The number of aliphatic hydroxyl groups is 2. The Kier molecular flexibility index (Phi) is 14.9. The van der Waals surface area contributed by atoms with Crippen molar-refractivity contribution in [1.29, 1.82) is 0 Å². The van der Waals surface area contributed by atoms with E-state index in [2.05, 4.69) is 27.4 Å². The van der Waals surface area contributed by atoms with Crippen molar-refractivity contribution >= 4 is 11.8 Å². The van der Waals surface area contributed by atoms with Crippen molar-refractivity contribution in [1.82, 2.24) is 0 Å². The first kappa shape index (κ1) is 44.9. The highest BCUT2D eigenvalue weighted by Crippen LogP contribution is 2.73. The summed E-state index contributed by atoms with van der Waals surface area (Å²) < 4.78 is 33.6. The van der Waals surface area contributed by atoms with E-state index in [9.17, 15) is 19.8 Å². The molecule has 3 bridgehead atoms. The van der Waals surface area contributed by atoms with Gasteiger partial charge >= 0.3 is 5.97 Å². The van der Waals surface area contributed by atoms with E-state index >= 15 is 0 Å². The van der Waals surface area contributed by atoms with Crippen LogP contribution < -0.4 is 0 Å². The molecular weight excluding hydrogens is 721 g/mol. The van der Waals surface area contributed by atoms with Gasteiger partial charge in [-0.3, -0.25) is 9.59 Å². The van der Waals surface area contributed by atoms with Crippen molar-refractivity contribution < 1.29 is 43.5 Å². The molecule has 2 saturated carbocycles. The van der Waals surface area contributed by atoms with Crippen LogP contribution in [0.25, 0.3) is 0 Å². The summed E-state index contributed by atoms with van der Waals surface area (Å²) in [4.78, 5) is 27.3. The Morgan fingerprint density at radius 3 is 1.88 bits per heavy atom. The molecule has 0 unspecified atom stereocenters. The summed E-state index contributed by atoms with van der Waals surface area (Å²) >= 11 is 0. The number of rotatable bonds is 27. The number of fused-ring (bicyclic) bond motifs is 3. The smallest absolute Gasteiger partial charge is 0.305 e. The lowest BCUT2D eigenvalue weighted by Crippen LogP contribution is -2.72. The van der Waals surface area contributed by atoms with Crippen molar-refractivity contribution in [2.24, 2.45) is 17.8 Å². The quantitative estimate of drug-likeness (QED) is 0.0362. The Labute approximate surface area is 344 Å². The highest BCUT2D eigenvalue weighted by Gasteiger charge is 2.88. The second-order valence-electron chi connectivity index (χ2n) is 19.2. The Balaban J connectivity index is 1.10. The monoisotopic (exact) mass is 799 g/mol. The van der Waals surface area contributed by atoms with E-state index < -0.39 is 64.3 Å². The van der Waals surface area contributed by atoms with Crippen LogP contribution in [0.15, 0.2) is 23.8 Å². The minimum Gasteiger partial charge on any atom is -0.462 e. The predicted octanol–water partition coefficient (Wildman–Crippen LogP) is 10.1. The number of hydrogen-bond donors (Lipinski definition) is 2. The second kappa shape index (κ2) is 19.0. The molecule has 5 fully saturated rings. The summed E-state index contributed by atoms with van der Waals surface area (Å²) in [5.74, 6) is -3.91. The van der Waals surface area contributed by atoms with Crippen LogP contribution in [-0.2, 0) is 33.3 Å². The van der Waals surface area contributed by atoms with E-state index in [-0.39, 0.29) is 24.9 Å². The Morgan fingerprint density at radius 1 is 0.807 bits per heavy atom. The van der Waals surface area contributed by atoms with Gasteiger partial charge in [-0.05, 0) is 50.2 Å². The number of Topliss-reactive ketones (excluding diaryl/α,β-unsaturated/α-hetero) is 1. The SMILES string of the molecule is C=C(C)[C@]12C[C@H](C)[C@@]34O[C@](CCCCCCCCCCC)(O[C@@H]1[C@@H]3[C@@H]1O[C@]1(COC(=O)CCCCCCCCCCCCCCC)[C@@H](O)[C@]1(O)C(=O)C(C)=C[C@H]14)O2. The average molecular weight is 799 g/mol. The minimum absolute atomic E-state index is 0.221. The van der Waals surface area contributed by atoms with E-state index in [1.807, 2.05) is 6.92 Å². The Hall–Kier alpha value is -1.62. The molecule has 9 nitrogen and oxygen atoms in total. The molecule has 9 heteroatoms. The molecule has 3 saturated heterocycles. The number of ether oxygens (including phenoxy) is 5. The zero-order valence-electron chi connectivity index (χ0n) is 36.4. The molecule has 6 aliphatic rings. The zero-order chi connectivity index (χ0) is 40.9. The molecule has 0 spiro atoms. The van der Waals surface area contributed by atoms with E-state index in [1.54, 1.807) is 13.0 Å². The number of carbonyl (C=O) groups is 2. The number of esters is 1. The molecule has 3 aliphatic carbocycles. The fourth-order valence-electron chi connectivity index (χ4n) is 11.7. The van der Waals surface area contributed by atoms with Gasteiger partial charge in [-0.1, -0.05) is 162 Å². The lowest BCUT2D eigenvalue weighted by molar-refractivity contribution is -0.430. The van der Waals surface area contributed by atoms with Gasteiger partial charge < -0.3 is 33.9 Å². The molecule has 3 aliphatic heterocycles. The van der Waals surface area contributed by atoms with Crippen molar-refractivity contribution in [3.05, 3.63) is 23.8 Å². The summed E-state index contributed by atoms with van der Waals surface area (Å²) in [5, 5.41) is 25.0. The first-order valence-corrected chi connectivity index (χ1v) is 23.6. The van der Waals surface area contributed by atoms with E-state index in [1.165, 1.54) is 103 Å². The highest BCUT2D eigenvalue weighted by atomic mass is 16.9. The molecule has 0 aromatic rings. The Bertz CT molecular complexity index is 1430. The molecule has 3 heterocycles. The third kappa shape index (κ3) is 8.51. The molecule has 0 amide bonds. The van der Waals surface area contributed by atoms with Gasteiger partial charge in [0.2, 0.25) is 0 Å². The first-order valence-electron chi connectivity index (χ1n) is 23.6. The molecule has 2 N–H and O–H groups in total. The van der Waals surface area contributed by atoms with Crippen LogP contribution in [0.1, 0.15) is 195 Å². The zero-order valence-corrected chi connectivity index (χ0v) is 36.4. The van der Waals surface area contributed by atoms with Crippen molar-refractivity contribution in [3.63, 3.8) is 0 Å². The summed E-state index contributed by atoms with van der Waals surface area (Å²) in [6, 6.07) is 0. The van der Waals surface area contributed by atoms with Gasteiger partial charge in [0.25, 0.3) is 5.97 Å². The molecule has 6 rings (SSSR count). The summed E-state index contributed by atoms with van der Waals surface area (Å²) in [7, 11) is 0. The van der Waals surface area contributed by atoms with E-state index in [0.29, 0.717) is 18.4 Å². The van der Waals surface area contributed by atoms with Crippen LogP contribution in [0.5, 0.6) is 0 Å². The molecule has 0 aromatic carbocycles. The van der Waals surface area contributed by atoms with Crippen LogP contribution in [0, 0.1) is 17.8 Å². The van der Waals surface area contributed by atoms with Crippen LogP contribution in [-0.4, -0.2) is 75.3 Å². The van der Waals surface area contributed by atoms with E-state index in [0.717, 1.165) is 44.1 Å². The standard InChI is InChI=1S/C48H78O9/c1-7-9-11-13-15-17-18-19-20-21-23-25-27-29-38(49)53-33-45-42(54-45)39-41-44(34(3)4)32-36(6)48(39,37-31-35(5)40(50)47(37,52)43(45)51)57-46(55-41,56-44)30-28-26-24-22-16-14-12-10-8-2/h31,36-37,39,41-43,51-52H,3,7-30,32-33H2,1-2,4-6H3/t36-,37+,39+,41+,42-,43+,44+,45-,46+,47+,48-/m0/s1. The fourth-order valence-corrected chi connectivity index (χ4v) is 11.7. The van der Waals surface area contributed by atoms with Crippen LogP contribution >= 0.6 is 0 Å². The lowest BCUT2D eigenvalue weighted by atomic mass is 9.54. The predicted molar refractivity (Wildman–Crippen MR) is 221 cm³/mol. The van der Waals surface area contributed by atoms with Crippen LogP contribution in [0.4, 0.5) is 0 Å². The maximum absolute atomic E-state index is 14.1. The maximum atomic E-state index is 14.1. The summed E-state index contributed by atoms with van der Waals surface area (Å²) in [6.07, 6.45) is 26.6. The first-order chi connectivity index (χ1) is 27.4. The third-order valence-corrected chi connectivity index (χ3v) is 15.0. The molecule has 0 aromatic heterocycles. The number of carbonyl (C=O) groups excluding carboxylic acids is 2. The average Bonchev–Trinajstić information content (AvgIpc) is 3.81. The molecule has 324 valence electrons. The summed E-state index contributed by atoms with van der Waals surface area (Å²) in [5.41, 5.74) is -4.55. The normalized spacial score (nSPS) is 38.4. The van der Waals surface area contributed by atoms with Gasteiger partial charge in [-0.25, -0.2) is 0 Å². The van der Waals surface area contributed by atoms with Crippen LogP contribution in [0.3, 0.4) is 0 Å². The molecule has 0 radical (unpaired) electrons. The minimum atomic E-state index is -2.23. The molecular formula is C48H78O9. The lowest BCUT2D eigenvalue weighted by Gasteiger charge is -2.59. The third-order valence-electron chi connectivity index (χ3n) is 15.0. The number of hydrogen-bond acceptors (Lipinski definition) is 9. The maximum Gasteiger partial charge on any atom is 0.305 e. The second-order valence-corrected chi connectivity index (χ2v) is 19.2. The van der Waals surface area contributed by atoms with Gasteiger partial charge in [0.1, 0.15) is 30.5 Å². The van der Waals surface area contributed by atoms with Crippen molar-refractivity contribution in [2.45, 2.75) is 242 Å². The number of ketones is 1. The largest absolute Gasteiger partial charge is 0.462 e. The van der Waals surface area contributed by atoms with Crippen molar-refractivity contribution in [3.8, 4) is 0 Å². The Morgan fingerprint density at radius 2 is 1.33 bits per heavy atom. The van der Waals surface area contributed by atoms with Gasteiger partial charge in [-0.15, -0.1) is 0 Å². The van der Waals surface area contributed by atoms with Gasteiger partial charge in [0.15, 0.2) is 17.0 Å². The van der Waals surface area contributed by atoms with Crippen molar-refractivity contribution in [2.75, 3.05) is 6.61 Å². The number of unbranched alkanes of at least 4 members (excludes halogenated alkanes) is 20. The fraction of sp³-hybridized carbons (Fsp3) is 0.875. The van der Waals surface area contributed by atoms with Gasteiger partial charge in [-0.2, -0.15) is 0 Å².